The highest BCUT2D eigenvalue weighted by atomic mass is 16.4. The van der Waals surface area contributed by atoms with Crippen LogP contribution in [0.5, 0.6) is 0 Å². The summed E-state index contributed by atoms with van der Waals surface area (Å²) in [6.07, 6.45) is 0.653. The number of benzene rings is 1. The first-order valence-corrected chi connectivity index (χ1v) is 5.75. The lowest BCUT2D eigenvalue weighted by Crippen LogP contribution is -2.27. The number of rotatable bonds is 3. The van der Waals surface area contributed by atoms with Crippen molar-refractivity contribution in [2.24, 2.45) is 0 Å². The van der Waals surface area contributed by atoms with Gasteiger partial charge in [0.15, 0.2) is 0 Å². The maximum Gasteiger partial charge on any atom is 0.325 e. The average molecular weight is 246 g/mol. The van der Waals surface area contributed by atoms with Crippen molar-refractivity contribution in [3.05, 3.63) is 39.8 Å². The number of aromatic nitrogens is 2. The van der Waals surface area contributed by atoms with Gasteiger partial charge in [-0.3, -0.25) is 9.59 Å². The predicted molar refractivity (Wildman–Crippen MR) is 67.8 cm³/mol. The van der Waals surface area contributed by atoms with E-state index in [0.717, 1.165) is 21.3 Å². The Labute approximate surface area is 104 Å². The first kappa shape index (κ1) is 12.3. The molecule has 2 aromatic rings. The van der Waals surface area contributed by atoms with Crippen LogP contribution in [-0.4, -0.2) is 20.9 Å². The number of hydrogen-bond acceptors (Lipinski definition) is 3. The number of fused-ring (bicyclic) bond motifs is 1. The molecule has 2 rings (SSSR count). The fourth-order valence-electron chi connectivity index (χ4n) is 1.96. The Hall–Kier alpha value is -2.17. The zero-order chi connectivity index (χ0) is 13.3. The van der Waals surface area contributed by atoms with E-state index in [4.69, 9.17) is 5.11 Å². The van der Waals surface area contributed by atoms with Gasteiger partial charge in [0.1, 0.15) is 6.54 Å². The van der Waals surface area contributed by atoms with Gasteiger partial charge in [-0.25, -0.2) is 4.68 Å². The van der Waals surface area contributed by atoms with E-state index in [1.165, 1.54) is 0 Å². The van der Waals surface area contributed by atoms with Crippen molar-refractivity contribution in [2.75, 3.05) is 0 Å². The summed E-state index contributed by atoms with van der Waals surface area (Å²) in [5.41, 5.74) is 1.44. The molecule has 1 aromatic carbocycles. The molecule has 18 heavy (non-hydrogen) atoms. The Morgan fingerprint density at radius 3 is 2.72 bits per heavy atom. The first-order valence-electron chi connectivity index (χ1n) is 5.75. The number of carbonyl (C=O) groups is 1. The molecular formula is C13H14N2O3. The van der Waals surface area contributed by atoms with Gasteiger partial charge in [0, 0.05) is 5.39 Å². The van der Waals surface area contributed by atoms with Crippen LogP contribution in [0, 0.1) is 6.92 Å². The molecule has 0 fully saturated rings. The molecule has 0 radical (unpaired) electrons. The van der Waals surface area contributed by atoms with Crippen molar-refractivity contribution in [3.8, 4) is 0 Å². The fourth-order valence-corrected chi connectivity index (χ4v) is 1.96. The minimum Gasteiger partial charge on any atom is -0.480 e. The minimum absolute atomic E-state index is 0.357. The second-order valence-corrected chi connectivity index (χ2v) is 4.21. The number of hydrogen-bond donors (Lipinski definition) is 1. The summed E-state index contributed by atoms with van der Waals surface area (Å²) in [6.45, 7) is 3.47. The quantitative estimate of drug-likeness (QED) is 0.887. The van der Waals surface area contributed by atoms with Gasteiger partial charge >= 0.3 is 5.97 Å². The predicted octanol–water partition coefficient (Wildman–Crippen LogP) is 1.35. The molecule has 0 aliphatic carbocycles. The summed E-state index contributed by atoms with van der Waals surface area (Å²) < 4.78 is 1.01. The smallest absolute Gasteiger partial charge is 0.325 e. The average Bonchev–Trinajstić information content (AvgIpc) is 2.32. The van der Waals surface area contributed by atoms with E-state index in [-0.39, 0.29) is 5.56 Å². The Kier molecular flexibility index (Phi) is 3.14. The Balaban J connectivity index is 2.78. The summed E-state index contributed by atoms with van der Waals surface area (Å²) in [6, 6.07) is 5.48. The van der Waals surface area contributed by atoms with Crippen molar-refractivity contribution < 1.29 is 9.90 Å². The molecule has 0 saturated carbocycles. The third kappa shape index (κ3) is 2.11. The Bertz CT molecular complexity index is 674. The van der Waals surface area contributed by atoms with Crippen LogP contribution in [0.3, 0.4) is 0 Å². The SMILES string of the molecule is CCc1nn(CC(=O)O)c(=O)c2ccc(C)cc12. The van der Waals surface area contributed by atoms with Crippen molar-refractivity contribution in [1.29, 1.82) is 0 Å². The normalized spacial score (nSPS) is 10.8. The van der Waals surface area contributed by atoms with Crippen molar-refractivity contribution in [1.82, 2.24) is 9.78 Å². The highest BCUT2D eigenvalue weighted by Gasteiger charge is 2.11. The maximum absolute atomic E-state index is 12.1. The van der Waals surface area contributed by atoms with Gasteiger partial charge in [0.2, 0.25) is 0 Å². The fraction of sp³-hybridized carbons (Fsp3) is 0.308. The van der Waals surface area contributed by atoms with E-state index < -0.39 is 12.5 Å². The molecule has 0 spiro atoms. The highest BCUT2D eigenvalue weighted by Crippen LogP contribution is 2.15. The molecular weight excluding hydrogens is 232 g/mol. The molecule has 1 N–H and O–H groups in total. The lowest BCUT2D eigenvalue weighted by atomic mass is 10.1. The Morgan fingerprint density at radius 2 is 2.11 bits per heavy atom. The standard InChI is InChI=1S/C13H14N2O3/c1-3-11-10-6-8(2)4-5-9(10)13(18)15(14-11)7-12(16)17/h4-6H,3,7H2,1-2H3,(H,16,17). The van der Waals surface area contributed by atoms with Gasteiger partial charge in [0.25, 0.3) is 5.56 Å². The van der Waals surface area contributed by atoms with Crippen molar-refractivity contribution >= 4 is 16.7 Å². The zero-order valence-electron chi connectivity index (χ0n) is 10.3. The van der Waals surface area contributed by atoms with E-state index in [9.17, 15) is 9.59 Å². The van der Waals surface area contributed by atoms with Gasteiger partial charge in [-0.15, -0.1) is 0 Å². The second-order valence-electron chi connectivity index (χ2n) is 4.21. The van der Waals surface area contributed by atoms with Crippen molar-refractivity contribution in [3.63, 3.8) is 0 Å². The van der Waals surface area contributed by atoms with Crippen LogP contribution in [0.1, 0.15) is 18.2 Å². The van der Waals surface area contributed by atoms with Crippen LogP contribution in [0.25, 0.3) is 10.8 Å². The molecule has 0 amide bonds. The van der Waals surface area contributed by atoms with Crippen molar-refractivity contribution in [2.45, 2.75) is 26.8 Å². The topological polar surface area (TPSA) is 72.2 Å². The lowest BCUT2D eigenvalue weighted by molar-refractivity contribution is -0.138. The minimum atomic E-state index is -1.07. The molecule has 0 aliphatic rings. The zero-order valence-corrected chi connectivity index (χ0v) is 10.3. The summed E-state index contributed by atoms with van der Waals surface area (Å²) in [5.74, 6) is -1.07. The molecule has 0 unspecified atom stereocenters. The van der Waals surface area contributed by atoms with E-state index >= 15 is 0 Å². The number of aliphatic carboxylic acids is 1. The van der Waals surface area contributed by atoms with Gasteiger partial charge in [0.05, 0.1) is 11.1 Å². The number of carboxylic acids is 1. The number of nitrogens with zero attached hydrogens (tertiary/aromatic N) is 2. The number of carboxylic acid groups (broad SMARTS) is 1. The highest BCUT2D eigenvalue weighted by molar-refractivity contribution is 5.84. The molecule has 5 nitrogen and oxygen atoms in total. The van der Waals surface area contributed by atoms with Gasteiger partial charge in [-0.05, 0) is 25.5 Å². The van der Waals surface area contributed by atoms with E-state index in [2.05, 4.69) is 5.10 Å². The maximum atomic E-state index is 12.1. The first-order chi connectivity index (χ1) is 8.52. The van der Waals surface area contributed by atoms with E-state index in [1.807, 2.05) is 26.0 Å². The molecule has 1 aromatic heterocycles. The summed E-state index contributed by atoms with van der Waals surface area (Å²) in [5, 5.41) is 14.2. The molecule has 94 valence electrons. The van der Waals surface area contributed by atoms with Crippen LogP contribution < -0.4 is 5.56 Å². The van der Waals surface area contributed by atoms with Crippen LogP contribution in [0.4, 0.5) is 0 Å². The molecule has 1 heterocycles. The molecule has 5 heteroatoms. The van der Waals surface area contributed by atoms with Crippen LogP contribution in [-0.2, 0) is 17.8 Å². The van der Waals surface area contributed by atoms with Gasteiger partial charge in [-0.1, -0.05) is 18.6 Å². The molecule has 0 saturated heterocycles. The van der Waals surface area contributed by atoms with Crippen LogP contribution in [0.15, 0.2) is 23.0 Å². The Morgan fingerprint density at radius 1 is 1.39 bits per heavy atom. The summed E-state index contributed by atoms with van der Waals surface area (Å²) in [7, 11) is 0. The third-order valence-corrected chi connectivity index (χ3v) is 2.81. The van der Waals surface area contributed by atoms with E-state index in [0.29, 0.717) is 11.8 Å². The third-order valence-electron chi connectivity index (χ3n) is 2.81. The lowest BCUT2D eigenvalue weighted by Gasteiger charge is -2.08. The number of aryl methyl sites for hydroxylation is 2. The molecule has 0 aliphatic heterocycles. The summed E-state index contributed by atoms with van der Waals surface area (Å²) >= 11 is 0. The second kappa shape index (κ2) is 4.60. The van der Waals surface area contributed by atoms with Crippen LogP contribution in [0.2, 0.25) is 0 Å². The summed E-state index contributed by atoms with van der Waals surface area (Å²) in [4.78, 5) is 22.8. The van der Waals surface area contributed by atoms with Gasteiger partial charge < -0.3 is 5.11 Å². The monoisotopic (exact) mass is 246 g/mol. The van der Waals surface area contributed by atoms with Crippen LogP contribution >= 0.6 is 0 Å². The van der Waals surface area contributed by atoms with E-state index in [1.54, 1.807) is 6.07 Å². The molecule has 0 bridgehead atoms. The van der Waals surface area contributed by atoms with Gasteiger partial charge in [-0.2, -0.15) is 5.10 Å². The molecule has 0 atom stereocenters. The largest absolute Gasteiger partial charge is 0.480 e.